The summed E-state index contributed by atoms with van der Waals surface area (Å²) in [5.41, 5.74) is -0.181. The number of fused-ring (bicyclic) bond motifs is 9. The number of morpholine rings is 1. The Morgan fingerprint density at radius 3 is 2.53 bits per heavy atom. The van der Waals surface area contributed by atoms with Crippen LogP contribution in [-0.2, 0) is 24.5 Å². The lowest BCUT2D eigenvalue weighted by molar-refractivity contribution is -0.148. The van der Waals surface area contributed by atoms with E-state index >= 15 is 0 Å². The minimum Gasteiger partial charge on any atom is -0.378 e. The number of aromatic nitrogens is 1. The number of imide groups is 1. The first kappa shape index (κ1) is 20.9. The molecule has 0 radical (unpaired) electrons. The quantitative estimate of drug-likeness (QED) is 0.659. The van der Waals surface area contributed by atoms with Crippen LogP contribution in [-0.4, -0.2) is 70.6 Å². The largest absolute Gasteiger partial charge is 0.378 e. The highest BCUT2D eigenvalue weighted by molar-refractivity contribution is 8.00. The number of hydrogen-bond acceptors (Lipinski definition) is 7. The van der Waals surface area contributed by atoms with Crippen molar-refractivity contribution in [1.82, 2.24) is 14.8 Å². The van der Waals surface area contributed by atoms with Crippen LogP contribution >= 0.6 is 23.1 Å². The maximum absolute atomic E-state index is 13.5. The van der Waals surface area contributed by atoms with Crippen LogP contribution in [0.3, 0.4) is 0 Å². The third-order valence-corrected chi connectivity index (χ3v) is 11.5. The van der Waals surface area contributed by atoms with Gasteiger partial charge in [0.15, 0.2) is 0 Å². The zero-order valence-corrected chi connectivity index (χ0v) is 19.8. The summed E-state index contributed by atoms with van der Waals surface area (Å²) in [5, 5.41) is 1.17. The van der Waals surface area contributed by atoms with Crippen molar-refractivity contribution < 1.29 is 19.1 Å². The lowest BCUT2D eigenvalue weighted by atomic mass is 9.62. The molecule has 2 saturated carbocycles. The van der Waals surface area contributed by atoms with Crippen molar-refractivity contribution in [3.63, 3.8) is 0 Å². The summed E-state index contributed by atoms with van der Waals surface area (Å²) in [4.78, 5) is 58.8. The summed E-state index contributed by atoms with van der Waals surface area (Å²) in [6.07, 6.45) is 1.77. The number of nitrogens with zero attached hydrogens (tertiary/aromatic N) is 2. The van der Waals surface area contributed by atoms with Crippen molar-refractivity contribution >= 4 is 40.8 Å². The van der Waals surface area contributed by atoms with Crippen LogP contribution in [0, 0.1) is 29.6 Å². The summed E-state index contributed by atoms with van der Waals surface area (Å²) < 4.78 is 5.31. The zero-order chi connectivity index (χ0) is 22.4. The fraction of sp³-hybridized carbons (Fsp3) is 0.727. The number of H-pyrrole nitrogens is 1. The lowest BCUT2D eigenvalue weighted by Gasteiger charge is -2.48. The molecule has 4 fully saturated rings. The van der Waals surface area contributed by atoms with Crippen LogP contribution in [0.15, 0.2) is 9.82 Å². The van der Waals surface area contributed by atoms with E-state index in [1.807, 2.05) is 0 Å². The Balaban J connectivity index is 1.30. The van der Waals surface area contributed by atoms with Crippen LogP contribution in [0.4, 0.5) is 0 Å². The number of rotatable bonds is 3. The molecule has 3 amide bonds. The number of ether oxygens (including phenoxy) is 1. The number of likely N-dealkylation sites (tertiary alicyclic amines) is 1. The predicted octanol–water partition coefficient (Wildman–Crippen LogP) is 1.30. The van der Waals surface area contributed by atoms with Crippen LogP contribution in [0.1, 0.15) is 31.6 Å². The molecule has 8 nitrogen and oxygen atoms in total. The van der Waals surface area contributed by atoms with Crippen LogP contribution in [0.2, 0.25) is 0 Å². The van der Waals surface area contributed by atoms with Gasteiger partial charge in [-0.2, -0.15) is 0 Å². The molecule has 0 spiro atoms. The maximum atomic E-state index is 13.5. The van der Waals surface area contributed by atoms with Gasteiger partial charge in [-0.15, -0.1) is 11.8 Å². The van der Waals surface area contributed by atoms with Crippen LogP contribution in [0.5, 0.6) is 0 Å². The van der Waals surface area contributed by atoms with Crippen molar-refractivity contribution in [1.29, 1.82) is 0 Å². The summed E-state index contributed by atoms with van der Waals surface area (Å²) in [6, 6.07) is 0. The minimum absolute atomic E-state index is 0.0327. The highest BCUT2D eigenvalue weighted by Gasteiger charge is 2.71. The second-order valence-electron chi connectivity index (χ2n) is 9.92. The highest BCUT2D eigenvalue weighted by atomic mass is 32.2. The van der Waals surface area contributed by atoms with Gasteiger partial charge in [0.05, 0.1) is 30.1 Å². The van der Waals surface area contributed by atoms with E-state index in [0.717, 1.165) is 22.7 Å². The molecule has 3 aliphatic heterocycles. The van der Waals surface area contributed by atoms with Crippen molar-refractivity contribution in [2.24, 2.45) is 29.6 Å². The monoisotopic (exact) mass is 477 g/mol. The van der Waals surface area contributed by atoms with E-state index in [1.165, 1.54) is 16.2 Å². The molecule has 4 heterocycles. The number of carbonyl (C=O) groups is 3. The molecule has 2 saturated heterocycles. The topological polar surface area (TPSA) is 99.8 Å². The molecule has 2 bridgehead atoms. The van der Waals surface area contributed by atoms with E-state index in [-0.39, 0.29) is 69.4 Å². The van der Waals surface area contributed by atoms with Crippen molar-refractivity contribution in [3.8, 4) is 0 Å². The molecule has 1 aromatic heterocycles. The van der Waals surface area contributed by atoms with Gasteiger partial charge < -0.3 is 14.6 Å². The van der Waals surface area contributed by atoms with Gasteiger partial charge in [0.1, 0.15) is 6.54 Å². The third kappa shape index (κ3) is 2.66. The van der Waals surface area contributed by atoms with Crippen LogP contribution < -0.4 is 4.87 Å². The van der Waals surface area contributed by atoms with Gasteiger partial charge in [-0.1, -0.05) is 25.2 Å². The van der Waals surface area contributed by atoms with E-state index < -0.39 is 0 Å². The SMILES string of the molecule is CC[C@]1(C)c2sc(=O)[nH]c2S[C@H]2[C@@H]3C[C@H]([C@H]4C(=O)N(CC(=O)N5CCOCC5)C(=O)[C@H]34)[C@@H]21. The van der Waals surface area contributed by atoms with Crippen molar-refractivity contribution in [2.75, 3.05) is 32.8 Å². The molecule has 1 aromatic rings. The predicted molar refractivity (Wildman–Crippen MR) is 118 cm³/mol. The number of amides is 3. The van der Waals surface area contributed by atoms with Gasteiger partial charge in [0, 0.05) is 28.6 Å². The average Bonchev–Trinajstić information content (AvgIpc) is 3.52. The molecule has 6 rings (SSSR count). The van der Waals surface area contributed by atoms with Crippen LogP contribution in [0.25, 0.3) is 0 Å². The minimum atomic E-state index is -0.327. The maximum Gasteiger partial charge on any atom is 0.305 e. The molecule has 1 N–H and O–H groups in total. The van der Waals surface area contributed by atoms with Gasteiger partial charge in [-0.25, -0.2) is 0 Å². The van der Waals surface area contributed by atoms with Gasteiger partial charge >= 0.3 is 4.87 Å². The van der Waals surface area contributed by atoms with Gasteiger partial charge in [-0.3, -0.25) is 24.1 Å². The second-order valence-corrected chi connectivity index (χ2v) is 12.1. The number of aromatic amines is 1. The molecular weight excluding hydrogens is 450 g/mol. The first-order valence-corrected chi connectivity index (χ1v) is 13.2. The van der Waals surface area contributed by atoms with E-state index in [1.54, 1.807) is 16.7 Å². The summed E-state index contributed by atoms with van der Waals surface area (Å²) in [6.45, 7) is 6.21. The Morgan fingerprint density at radius 2 is 1.84 bits per heavy atom. The Bertz CT molecular complexity index is 1060. The number of hydrogen-bond donors (Lipinski definition) is 1. The van der Waals surface area contributed by atoms with E-state index in [9.17, 15) is 19.2 Å². The molecule has 0 aromatic carbocycles. The van der Waals surface area contributed by atoms with Crippen molar-refractivity contribution in [3.05, 3.63) is 14.5 Å². The van der Waals surface area contributed by atoms with Crippen molar-refractivity contribution in [2.45, 2.75) is 42.4 Å². The number of thiazole rings is 1. The molecular formula is C22H27N3O5S2. The Hall–Kier alpha value is -1.65. The number of carbonyl (C=O) groups excluding carboxylic acids is 3. The van der Waals surface area contributed by atoms with E-state index in [0.29, 0.717) is 26.3 Å². The summed E-state index contributed by atoms with van der Waals surface area (Å²) in [5.74, 6) is -0.663. The smallest absolute Gasteiger partial charge is 0.305 e. The molecule has 7 atom stereocenters. The summed E-state index contributed by atoms with van der Waals surface area (Å²) >= 11 is 3.00. The summed E-state index contributed by atoms with van der Waals surface area (Å²) in [7, 11) is 0. The first-order valence-electron chi connectivity index (χ1n) is 11.5. The Labute approximate surface area is 194 Å². The number of nitrogens with one attached hydrogen (secondary N) is 1. The third-order valence-electron chi connectivity index (χ3n) is 8.71. The first-order chi connectivity index (χ1) is 15.3. The molecule has 0 unspecified atom stereocenters. The normalized spacial score (nSPS) is 39.9. The lowest BCUT2D eigenvalue weighted by Crippen LogP contribution is -2.49. The number of thioether (sulfide) groups is 1. The van der Waals surface area contributed by atoms with Gasteiger partial charge in [0.2, 0.25) is 17.7 Å². The van der Waals surface area contributed by atoms with E-state index in [2.05, 4.69) is 18.8 Å². The fourth-order valence-corrected chi connectivity index (χ4v) is 10.4. The average molecular weight is 478 g/mol. The second kappa shape index (κ2) is 7.17. The molecule has 2 aliphatic carbocycles. The Kier molecular flexibility index (Phi) is 4.69. The molecule has 10 heteroatoms. The molecule has 172 valence electrons. The standard InChI is InChI=1S/C22H27N3O5S2/c1-3-22(2)15-10-8-11(16(15)31-18-17(22)32-21(29)23-18)14-13(10)19(27)25(20(14)28)9-12(26)24-4-6-30-7-5-24/h10-11,13-16H,3-9H2,1-2H3,(H,23,29)/t10-,11-,13-,14-,15+,16+,22+/m1/s1. The van der Waals surface area contributed by atoms with Gasteiger partial charge in [-0.05, 0) is 30.6 Å². The highest BCUT2D eigenvalue weighted by Crippen LogP contribution is 2.69. The fourth-order valence-electron chi connectivity index (χ4n) is 7.16. The Morgan fingerprint density at radius 1 is 1.16 bits per heavy atom. The molecule has 32 heavy (non-hydrogen) atoms. The van der Waals surface area contributed by atoms with E-state index in [4.69, 9.17) is 4.74 Å². The van der Waals surface area contributed by atoms with Gasteiger partial charge in [0.25, 0.3) is 0 Å². The molecule has 5 aliphatic rings. The zero-order valence-electron chi connectivity index (χ0n) is 18.2.